The predicted molar refractivity (Wildman–Crippen MR) is 59.0 cm³/mol. The van der Waals surface area contributed by atoms with Crippen molar-refractivity contribution in [3.63, 3.8) is 0 Å². The smallest absolute Gasteiger partial charge is 0.324 e. The molecule has 15 heavy (non-hydrogen) atoms. The Hall–Kier alpha value is -0.980. The van der Waals surface area contributed by atoms with Crippen LogP contribution in [0.4, 0.5) is 5.00 Å². The van der Waals surface area contributed by atoms with Crippen LogP contribution in [0.3, 0.4) is 0 Å². The molecular formula is C9H14N2O3S. The van der Waals surface area contributed by atoms with Crippen LogP contribution in [0.25, 0.3) is 0 Å². The number of hydrogen-bond acceptors (Lipinski definition) is 5. The normalized spacial score (nSPS) is 12.7. The Morgan fingerprint density at radius 2 is 2.40 bits per heavy atom. The highest BCUT2D eigenvalue weighted by atomic mass is 32.1. The van der Waals surface area contributed by atoms with Gasteiger partial charge in [-0.3, -0.25) is 10.1 Å². The van der Waals surface area contributed by atoms with E-state index in [1.54, 1.807) is 6.07 Å². The van der Waals surface area contributed by atoms with Crippen LogP contribution in [0.5, 0.6) is 0 Å². The summed E-state index contributed by atoms with van der Waals surface area (Å²) in [4.78, 5) is 11.0. The van der Waals surface area contributed by atoms with E-state index in [2.05, 4.69) is 5.32 Å². The summed E-state index contributed by atoms with van der Waals surface area (Å²) < 4.78 is 0. The van der Waals surface area contributed by atoms with E-state index in [1.165, 1.54) is 17.4 Å². The lowest BCUT2D eigenvalue weighted by molar-refractivity contribution is -0.380. The summed E-state index contributed by atoms with van der Waals surface area (Å²) in [6.07, 6.45) is 0.688. The van der Waals surface area contributed by atoms with E-state index >= 15 is 0 Å². The second-order valence-electron chi connectivity index (χ2n) is 3.29. The van der Waals surface area contributed by atoms with Crippen molar-refractivity contribution >= 4 is 16.3 Å². The van der Waals surface area contributed by atoms with Gasteiger partial charge in [-0.1, -0.05) is 11.3 Å². The molecule has 1 heterocycles. The van der Waals surface area contributed by atoms with Gasteiger partial charge in [0, 0.05) is 30.1 Å². The van der Waals surface area contributed by atoms with Crippen LogP contribution in [0, 0.1) is 10.1 Å². The van der Waals surface area contributed by atoms with Crippen molar-refractivity contribution in [2.45, 2.75) is 25.9 Å². The maximum Gasteiger partial charge on any atom is 0.324 e. The number of hydrogen-bond donors (Lipinski definition) is 2. The first-order valence-corrected chi connectivity index (χ1v) is 5.52. The van der Waals surface area contributed by atoms with Crippen molar-refractivity contribution in [2.24, 2.45) is 0 Å². The molecule has 0 spiro atoms. The van der Waals surface area contributed by atoms with Crippen molar-refractivity contribution < 1.29 is 10.0 Å². The molecule has 0 amide bonds. The van der Waals surface area contributed by atoms with E-state index in [4.69, 9.17) is 5.11 Å². The summed E-state index contributed by atoms with van der Waals surface area (Å²) >= 11 is 1.18. The quantitative estimate of drug-likeness (QED) is 0.574. The van der Waals surface area contributed by atoms with E-state index in [0.717, 1.165) is 4.88 Å². The Balaban J connectivity index is 2.40. The van der Waals surface area contributed by atoms with Gasteiger partial charge in [-0.15, -0.1) is 0 Å². The summed E-state index contributed by atoms with van der Waals surface area (Å²) in [7, 11) is 0. The fraction of sp³-hybridized carbons (Fsp3) is 0.556. The van der Waals surface area contributed by atoms with Gasteiger partial charge in [0.2, 0.25) is 0 Å². The van der Waals surface area contributed by atoms with Crippen LogP contribution >= 0.6 is 11.3 Å². The summed E-state index contributed by atoms with van der Waals surface area (Å²) in [5.74, 6) is 0. The van der Waals surface area contributed by atoms with E-state index in [0.29, 0.717) is 13.0 Å². The number of nitro groups is 1. The lowest BCUT2D eigenvalue weighted by atomic mass is 10.2. The first-order valence-electron chi connectivity index (χ1n) is 4.71. The molecule has 0 unspecified atom stereocenters. The minimum absolute atomic E-state index is 0.152. The van der Waals surface area contributed by atoms with Gasteiger partial charge in [-0.25, -0.2) is 0 Å². The third-order valence-electron chi connectivity index (χ3n) is 2.01. The molecule has 0 saturated heterocycles. The van der Waals surface area contributed by atoms with Crippen LogP contribution in [0.1, 0.15) is 18.2 Å². The molecule has 6 heteroatoms. The lowest BCUT2D eigenvalue weighted by Crippen LogP contribution is -2.25. The summed E-state index contributed by atoms with van der Waals surface area (Å²) in [6, 6.07) is 3.48. The van der Waals surface area contributed by atoms with Gasteiger partial charge in [-0.2, -0.15) is 0 Å². The second-order valence-corrected chi connectivity index (χ2v) is 4.44. The molecule has 0 radical (unpaired) electrons. The average Bonchev–Trinajstić information content (AvgIpc) is 2.63. The average molecular weight is 230 g/mol. The van der Waals surface area contributed by atoms with E-state index in [-0.39, 0.29) is 22.6 Å². The van der Waals surface area contributed by atoms with Crippen molar-refractivity contribution in [3.8, 4) is 0 Å². The van der Waals surface area contributed by atoms with Gasteiger partial charge in [0.1, 0.15) is 0 Å². The largest absolute Gasteiger partial charge is 0.396 e. The Labute approximate surface area is 91.9 Å². The van der Waals surface area contributed by atoms with Gasteiger partial charge in [0.15, 0.2) is 0 Å². The molecule has 0 saturated carbocycles. The number of nitrogens with zero attached hydrogens (tertiary/aromatic N) is 1. The number of aliphatic hydroxyl groups is 1. The number of rotatable bonds is 6. The van der Waals surface area contributed by atoms with Crippen molar-refractivity contribution in [1.82, 2.24) is 5.32 Å². The SMILES string of the molecule is C[C@H](CCO)NCc1ccc([N+](=O)[O-])s1. The minimum Gasteiger partial charge on any atom is -0.396 e. The molecule has 0 aliphatic rings. The monoisotopic (exact) mass is 230 g/mol. The molecule has 0 aliphatic heterocycles. The van der Waals surface area contributed by atoms with E-state index < -0.39 is 0 Å². The highest BCUT2D eigenvalue weighted by Gasteiger charge is 2.09. The zero-order valence-electron chi connectivity index (χ0n) is 8.47. The third kappa shape index (κ3) is 3.94. The molecule has 1 aromatic rings. The maximum absolute atomic E-state index is 10.4. The highest BCUT2D eigenvalue weighted by molar-refractivity contribution is 7.15. The Morgan fingerprint density at radius 1 is 1.67 bits per heavy atom. The van der Waals surface area contributed by atoms with Crippen molar-refractivity contribution in [3.05, 3.63) is 27.1 Å². The Bertz CT molecular complexity index is 327. The molecule has 0 fully saturated rings. The summed E-state index contributed by atoms with van der Waals surface area (Å²) in [6.45, 7) is 2.73. The molecular weight excluding hydrogens is 216 g/mol. The molecule has 0 aliphatic carbocycles. The third-order valence-corrected chi connectivity index (χ3v) is 3.05. The molecule has 1 aromatic heterocycles. The van der Waals surface area contributed by atoms with Crippen LogP contribution in [0.15, 0.2) is 12.1 Å². The molecule has 1 rings (SSSR count). The Morgan fingerprint density at radius 3 is 2.93 bits per heavy atom. The van der Waals surface area contributed by atoms with Gasteiger partial charge >= 0.3 is 5.00 Å². The maximum atomic E-state index is 10.4. The van der Waals surface area contributed by atoms with E-state index in [1.807, 2.05) is 6.92 Å². The van der Waals surface area contributed by atoms with Gasteiger partial charge in [0.05, 0.1) is 4.92 Å². The molecule has 0 aromatic carbocycles. The minimum atomic E-state index is -0.384. The van der Waals surface area contributed by atoms with Crippen molar-refractivity contribution in [2.75, 3.05) is 6.61 Å². The van der Waals surface area contributed by atoms with Crippen LogP contribution in [-0.4, -0.2) is 22.7 Å². The molecule has 84 valence electrons. The summed E-state index contributed by atoms with van der Waals surface area (Å²) in [5, 5.41) is 22.4. The lowest BCUT2D eigenvalue weighted by Gasteiger charge is -2.10. The second kappa shape index (κ2) is 5.79. The van der Waals surface area contributed by atoms with Gasteiger partial charge in [-0.05, 0) is 19.4 Å². The topological polar surface area (TPSA) is 75.4 Å². The highest BCUT2D eigenvalue weighted by Crippen LogP contribution is 2.23. The van der Waals surface area contributed by atoms with E-state index in [9.17, 15) is 10.1 Å². The number of nitrogens with one attached hydrogen (secondary N) is 1. The van der Waals surface area contributed by atoms with Gasteiger partial charge in [0.25, 0.3) is 0 Å². The predicted octanol–water partition coefficient (Wildman–Crippen LogP) is 1.52. The van der Waals surface area contributed by atoms with Gasteiger partial charge < -0.3 is 10.4 Å². The molecule has 2 N–H and O–H groups in total. The number of aliphatic hydroxyl groups excluding tert-OH is 1. The van der Waals surface area contributed by atoms with Crippen LogP contribution in [0.2, 0.25) is 0 Å². The standard InChI is InChI=1S/C9H14N2O3S/c1-7(4-5-12)10-6-8-2-3-9(15-8)11(13)14/h2-3,7,10,12H,4-6H2,1H3/t7-/m1/s1. The van der Waals surface area contributed by atoms with Crippen LogP contribution in [-0.2, 0) is 6.54 Å². The molecule has 5 nitrogen and oxygen atoms in total. The zero-order chi connectivity index (χ0) is 11.3. The zero-order valence-corrected chi connectivity index (χ0v) is 9.29. The molecule has 1 atom stereocenters. The van der Waals surface area contributed by atoms with Crippen LogP contribution < -0.4 is 5.32 Å². The first kappa shape index (κ1) is 12.1. The fourth-order valence-electron chi connectivity index (χ4n) is 1.13. The van der Waals surface area contributed by atoms with Crippen molar-refractivity contribution in [1.29, 1.82) is 0 Å². The Kier molecular flexibility index (Phi) is 4.67. The first-order chi connectivity index (χ1) is 7.13. The summed E-state index contributed by atoms with van der Waals surface area (Å²) in [5.41, 5.74) is 0. The number of thiophene rings is 1. The molecule has 0 bridgehead atoms. The fourth-order valence-corrected chi connectivity index (χ4v) is 1.90.